The summed E-state index contributed by atoms with van der Waals surface area (Å²) >= 11 is 0. The number of sulfonamides is 1. The minimum atomic E-state index is -3.72. The maximum absolute atomic E-state index is 12.2. The van der Waals surface area contributed by atoms with Crippen LogP contribution in [-0.2, 0) is 14.8 Å². The van der Waals surface area contributed by atoms with Gasteiger partial charge in [0.1, 0.15) is 4.90 Å². The second-order valence-corrected chi connectivity index (χ2v) is 6.50. The maximum Gasteiger partial charge on any atom is 0.308 e. The lowest BCUT2D eigenvalue weighted by Gasteiger charge is -2.28. The molecule has 106 valence electrons. The molecule has 19 heavy (non-hydrogen) atoms. The van der Waals surface area contributed by atoms with Crippen LogP contribution in [0.2, 0.25) is 0 Å². The van der Waals surface area contributed by atoms with Gasteiger partial charge in [0.05, 0.1) is 17.8 Å². The molecule has 8 heteroatoms. The summed E-state index contributed by atoms with van der Waals surface area (Å²) in [5.74, 6) is -1.60. The zero-order valence-corrected chi connectivity index (χ0v) is 11.4. The van der Waals surface area contributed by atoms with Crippen molar-refractivity contribution in [2.24, 2.45) is 5.92 Å². The molecule has 1 fully saturated rings. The van der Waals surface area contributed by atoms with Crippen LogP contribution in [0.3, 0.4) is 0 Å². The molecule has 1 aliphatic rings. The van der Waals surface area contributed by atoms with Crippen LogP contribution in [0.25, 0.3) is 0 Å². The number of aromatic amines is 1. The standard InChI is InChI=1S/C11H17N3O4S/c1-7-10(6-12-13-7)19(17,18)14-9-5-3-2-4-8(9)11(15)16/h6,8-9,14H,2-5H2,1H3,(H,12,13)(H,15,16). The Morgan fingerprint density at radius 3 is 2.74 bits per heavy atom. The van der Waals surface area contributed by atoms with E-state index in [1.54, 1.807) is 6.92 Å². The van der Waals surface area contributed by atoms with Crippen molar-refractivity contribution in [3.8, 4) is 0 Å². The fourth-order valence-corrected chi connectivity index (χ4v) is 3.89. The third-order valence-electron chi connectivity index (χ3n) is 3.46. The van der Waals surface area contributed by atoms with Gasteiger partial charge in [-0.1, -0.05) is 12.8 Å². The van der Waals surface area contributed by atoms with Gasteiger partial charge in [0.25, 0.3) is 0 Å². The predicted molar refractivity (Wildman–Crippen MR) is 67.0 cm³/mol. The first-order valence-electron chi connectivity index (χ1n) is 6.17. The molecule has 1 aromatic heterocycles. The van der Waals surface area contributed by atoms with Gasteiger partial charge >= 0.3 is 5.97 Å². The summed E-state index contributed by atoms with van der Waals surface area (Å²) < 4.78 is 26.9. The smallest absolute Gasteiger partial charge is 0.308 e. The molecule has 0 amide bonds. The van der Waals surface area contributed by atoms with E-state index in [2.05, 4.69) is 14.9 Å². The molecule has 1 aliphatic carbocycles. The van der Waals surface area contributed by atoms with Crippen LogP contribution in [0.4, 0.5) is 0 Å². The zero-order valence-electron chi connectivity index (χ0n) is 10.6. The van der Waals surface area contributed by atoms with Gasteiger partial charge < -0.3 is 5.11 Å². The van der Waals surface area contributed by atoms with E-state index in [1.165, 1.54) is 6.20 Å². The second-order valence-electron chi connectivity index (χ2n) is 4.82. The van der Waals surface area contributed by atoms with Crippen LogP contribution in [-0.4, -0.2) is 35.7 Å². The molecule has 3 N–H and O–H groups in total. The van der Waals surface area contributed by atoms with Crippen LogP contribution >= 0.6 is 0 Å². The molecule has 2 rings (SSSR count). The molecule has 1 heterocycles. The highest BCUT2D eigenvalue weighted by atomic mass is 32.2. The van der Waals surface area contributed by atoms with Crippen molar-refractivity contribution in [2.45, 2.75) is 43.5 Å². The number of nitrogens with one attached hydrogen (secondary N) is 2. The van der Waals surface area contributed by atoms with E-state index in [0.29, 0.717) is 18.5 Å². The quantitative estimate of drug-likeness (QED) is 0.752. The largest absolute Gasteiger partial charge is 0.481 e. The molecule has 1 saturated carbocycles. The van der Waals surface area contributed by atoms with Crippen LogP contribution in [0, 0.1) is 12.8 Å². The molecular weight excluding hydrogens is 270 g/mol. The number of aryl methyl sites for hydroxylation is 1. The molecule has 0 spiro atoms. The number of carboxylic acid groups (broad SMARTS) is 1. The number of nitrogens with zero attached hydrogens (tertiary/aromatic N) is 1. The summed E-state index contributed by atoms with van der Waals surface area (Å²) in [7, 11) is -3.72. The predicted octanol–water partition coefficient (Wildman–Crippen LogP) is 0.640. The normalized spacial score (nSPS) is 24.3. The molecule has 2 atom stereocenters. The number of hydrogen-bond donors (Lipinski definition) is 3. The van der Waals surface area contributed by atoms with Crippen molar-refractivity contribution in [2.75, 3.05) is 0 Å². The summed E-state index contributed by atoms with van der Waals surface area (Å²) in [6.07, 6.45) is 3.94. The second kappa shape index (κ2) is 5.30. The van der Waals surface area contributed by atoms with Gasteiger partial charge in [-0.15, -0.1) is 0 Å². The molecule has 0 radical (unpaired) electrons. The molecule has 0 bridgehead atoms. The van der Waals surface area contributed by atoms with Gasteiger partial charge in [-0.2, -0.15) is 5.10 Å². The Hall–Kier alpha value is -1.41. The molecule has 2 unspecified atom stereocenters. The number of H-pyrrole nitrogens is 1. The van der Waals surface area contributed by atoms with Crippen LogP contribution in [0.1, 0.15) is 31.4 Å². The molecule has 0 saturated heterocycles. The molecule has 7 nitrogen and oxygen atoms in total. The van der Waals surface area contributed by atoms with Gasteiger partial charge in [-0.25, -0.2) is 13.1 Å². The Bertz CT molecular complexity index is 566. The number of carbonyl (C=O) groups is 1. The number of aliphatic carboxylic acids is 1. The average Bonchev–Trinajstić information content (AvgIpc) is 2.76. The summed E-state index contributed by atoms with van der Waals surface area (Å²) in [4.78, 5) is 11.2. The van der Waals surface area contributed by atoms with E-state index in [1.807, 2.05) is 0 Å². The summed E-state index contributed by atoms with van der Waals surface area (Å²) in [6, 6.07) is -0.550. The van der Waals surface area contributed by atoms with Crippen molar-refractivity contribution in [3.63, 3.8) is 0 Å². The highest BCUT2D eigenvalue weighted by Gasteiger charge is 2.34. The zero-order chi connectivity index (χ0) is 14.0. The van der Waals surface area contributed by atoms with Crippen molar-refractivity contribution >= 4 is 16.0 Å². The van der Waals surface area contributed by atoms with E-state index < -0.39 is 28.0 Å². The number of aromatic nitrogens is 2. The van der Waals surface area contributed by atoms with Gasteiger partial charge in [-0.05, 0) is 19.8 Å². The number of hydrogen-bond acceptors (Lipinski definition) is 4. The highest BCUT2D eigenvalue weighted by Crippen LogP contribution is 2.26. The van der Waals surface area contributed by atoms with E-state index in [9.17, 15) is 13.2 Å². The summed E-state index contributed by atoms with van der Waals surface area (Å²) in [5, 5.41) is 15.4. The molecule has 1 aromatic rings. The van der Waals surface area contributed by atoms with E-state index in [0.717, 1.165) is 12.8 Å². The SMILES string of the molecule is Cc1[nH]ncc1S(=O)(=O)NC1CCCCC1C(=O)O. The Morgan fingerprint density at radius 2 is 2.16 bits per heavy atom. The number of rotatable bonds is 4. The molecule has 0 aliphatic heterocycles. The van der Waals surface area contributed by atoms with Crippen molar-refractivity contribution in [3.05, 3.63) is 11.9 Å². The average molecular weight is 287 g/mol. The lowest BCUT2D eigenvalue weighted by molar-refractivity contribution is -0.143. The van der Waals surface area contributed by atoms with Crippen LogP contribution < -0.4 is 4.72 Å². The Balaban J connectivity index is 2.19. The third kappa shape index (κ3) is 2.95. The monoisotopic (exact) mass is 287 g/mol. The minimum absolute atomic E-state index is 0.0715. The van der Waals surface area contributed by atoms with Crippen LogP contribution in [0.15, 0.2) is 11.1 Å². The maximum atomic E-state index is 12.2. The molecular formula is C11H17N3O4S. The Kier molecular flexibility index (Phi) is 3.91. The van der Waals surface area contributed by atoms with E-state index >= 15 is 0 Å². The summed E-state index contributed by atoms with van der Waals surface area (Å²) in [6.45, 7) is 1.61. The lowest BCUT2D eigenvalue weighted by Crippen LogP contribution is -2.45. The van der Waals surface area contributed by atoms with Gasteiger partial charge in [0.2, 0.25) is 10.0 Å². The van der Waals surface area contributed by atoms with Crippen molar-refractivity contribution in [1.82, 2.24) is 14.9 Å². The molecule has 0 aromatic carbocycles. The first-order valence-corrected chi connectivity index (χ1v) is 7.65. The first kappa shape index (κ1) is 14.0. The van der Waals surface area contributed by atoms with Gasteiger partial charge in [0.15, 0.2) is 0 Å². The third-order valence-corrected chi connectivity index (χ3v) is 5.07. The highest BCUT2D eigenvalue weighted by molar-refractivity contribution is 7.89. The topological polar surface area (TPSA) is 112 Å². The van der Waals surface area contributed by atoms with E-state index in [-0.39, 0.29) is 4.90 Å². The minimum Gasteiger partial charge on any atom is -0.481 e. The van der Waals surface area contributed by atoms with Crippen molar-refractivity contribution in [1.29, 1.82) is 0 Å². The van der Waals surface area contributed by atoms with Gasteiger partial charge in [0, 0.05) is 6.04 Å². The van der Waals surface area contributed by atoms with Crippen molar-refractivity contribution < 1.29 is 18.3 Å². The Labute approximate surface area is 111 Å². The van der Waals surface area contributed by atoms with Crippen LogP contribution in [0.5, 0.6) is 0 Å². The summed E-state index contributed by atoms with van der Waals surface area (Å²) in [5.41, 5.74) is 0.440. The van der Waals surface area contributed by atoms with Gasteiger partial charge in [-0.3, -0.25) is 9.89 Å². The van der Waals surface area contributed by atoms with E-state index in [4.69, 9.17) is 5.11 Å². The fourth-order valence-electron chi connectivity index (χ4n) is 2.44. The number of carboxylic acids is 1. The first-order chi connectivity index (χ1) is 8.92. The Morgan fingerprint density at radius 1 is 1.47 bits per heavy atom. The lowest BCUT2D eigenvalue weighted by atomic mass is 9.85. The fraction of sp³-hybridized carbons (Fsp3) is 0.636.